The van der Waals surface area contributed by atoms with Crippen LogP contribution < -0.4 is 5.32 Å². The van der Waals surface area contributed by atoms with Gasteiger partial charge in [0.1, 0.15) is 5.51 Å². The number of aromatic nitrogens is 5. The summed E-state index contributed by atoms with van der Waals surface area (Å²) in [7, 11) is 0. The molecule has 0 aliphatic heterocycles. The molecule has 0 bridgehead atoms. The van der Waals surface area contributed by atoms with Gasteiger partial charge in [0, 0.05) is 0 Å². The highest BCUT2D eigenvalue weighted by molar-refractivity contribution is 7.13. The third-order valence-electron chi connectivity index (χ3n) is 3.33. The van der Waals surface area contributed by atoms with E-state index < -0.39 is 0 Å². The van der Waals surface area contributed by atoms with Crippen molar-refractivity contribution >= 4 is 45.6 Å². The van der Waals surface area contributed by atoms with E-state index in [1.165, 1.54) is 11.3 Å². The molecule has 0 spiro atoms. The van der Waals surface area contributed by atoms with Gasteiger partial charge in [0.05, 0.1) is 34.4 Å². The Hall–Kier alpha value is -2.03. The van der Waals surface area contributed by atoms with Crippen LogP contribution >= 0.6 is 34.5 Å². The van der Waals surface area contributed by atoms with E-state index in [1.807, 2.05) is 13.0 Å². The number of carbonyl (C=O) groups excluding carboxylic acids is 1. The van der Waals surface area contributed by atoms with Gasteiger partial charge in [-0.05, 0) is 24.6 Å². The van der Waals surface area contributed by atoms with E-state index in [0.29, 0.717) is 27.4 Å². The fourth-order valence-corrected chi connectivity index (χ4v) is 2.85. The Morgan fingerprint density at radius 2 is 2.12 bits per heavy atom. The van der Waals surface area contributed by atoms with E-state index in [1.54, 1.807) is 22.3 Å². The number of hydrogen-bond acceptors (Lipinski definition) is 6. The van der Waals surface area contributed by atoms with Crippen molar-refractivity contribution in [2.75, 3.05) is 5.32 Å². The number of nitrogens with zero attached hydrogens (tertiary/aromatic N) is 5. The van der Waals surface area contributed by atoms with Crippen molar-refractivity contribution in [3.63, 3.8) is 0 Å². The van der Waals surface area contributed by atoms with Gasteiger partial charge in [-0.2, -0.15) is 0 Å². The molecule has 2 aromatic heterocycles. The molecule has 10 heteroatoms. The van der Waals surface area contributed by atoms with Gasteiger partial charge in [0.2, 0.25) is 11.0 Å². The summed E-state index contributed by atoms with van der Waals surface area (Å²) < 4.78 is 1.72. The predicted molar refractivity (Wildman–Crippen MR) is 92.6 cm³/mol. The maximum absolute atomic E-state index is 12.0. The van der Waals surface area contributed by atoms with Gasteiger partial charge in [-0.3, -0.25) is 4.79 Å². The maximum Gasteiger partial charge on any atom is 0.232 e. The number of amides is 1. The lowest BCUT2D eigenvalue weighted by Gasteiger charge is -2.05. The molecule has 0 radical (unpaired) electrons. The summed E-state index contributed by atoms with van der Waals surface area (Å²) in [6.07, 6.45) is 0.118. The van der Waals surface area contributed by atoms with Crippen LogP contribution in [0.2, 0.25) is 10.0 Å². The molecule has 7 nitrogen and oxygen atoms in total. The van der Waals surface area contributed by atoms with Crippen molar-refractivity contribution in [2.45, 2.75) is 19.9 Å². The lowest BCUT2D eigenvalue weighted by Crippen LogP contribution is -2.15. The van der Waals surface area contributed by atoms with Crippen LogP contribution in [-0.2, 0) is 17.8 Å². The predicted octanol–water partition coefficient (Wildman–Crippen LogP) is 2.97. The molecule has 3 rings (SSSR count). The third-order valence-corrected chi connectivity index (χ3v) is 4.67. The molecular formula is C14H12Cl2N6OS. The summed E-state index contributed by atoms with van der Waals surface area (Å²) in [5, 5.41) is 19.7. The van der Waals surface area contributed by atoms with E-state index in [-0.39, 0.29) is 12.3 Å². The summed E-state index contributed by atoms with van der Waals surface area (Å²) in [6.45, 7) is 2.36. The largest absolute Gasteiger partial charge is 0.300 e. The number of carbonyl (C=O) groups is 1. The number of nitrogens with one attached hydrogen (secondary N) is 1. The Morgan fingerprint density at radius 1 is 1.29 bits per heavy atom. The summed E-state index contributed by atoms with van der Waals surface area (Å²) in [4.78, 5) is 12.0. The quantitative estimate of drug-likeness (QED) is 0.732. The molecular weight excluding hydrogens is 371 g/mol. The van der Waals surface area contributed by atoms with Gasteiger partial charge < -0.3 is 5.32 Å². The van der Waals surface area contributed by atoms with Crippen LogP contribution in [0, 0.1) is 6.92 Å². The second-order valence-corrected chi connectivity index (χ2v) is 6.64. The number of benzene rings is 1. The van der Waals surface area contributed by atoms with Crippen LogP contribution in [0.4, 0.5) is 5.13 Å². The molecule has 0 saturated carbocycles. The standard InChI is InChI=1S/C14H12Cl2N6OS/c1-8-12(5-13(23)18-14-20-17-7-24-14)19-21-22(8)6-9-2-3-10(15)11(16)4-9/h2-4,7H,5-6H2,1H3,(H,18,20,23). The number of hydrogen-bond donors (Lipinski definition) is 1. The average molecular weight is 383 g/mol. The fraction of sp³-hybridized carbons (Fsp3) is 0.214. The van der Waals surface area contributed by atoms with Crippen molar-refractivity contribution in [3.8, 4) is 0 Å². The number of rotatable bonds is 5. The van der Waals surface area contributed by atoms with Crippen LogP contribution in [0.5, 0.6) is 0 Å². The summed E-state index contributed by atoms with van der Waals surface area (Å²) in [5.74, 6) is -0.212. The number of anilines is 1. The van der Waals surface area contributed by atoms with Gasteiger partial charge in [0.15, 0.2) is 0 Å². The average Bonchev–Trinajstić information content (AvgIpc) is 3.16. The first-order valence-corrected chi connectivity index (χ1v) is 8.55. The van der Waals surface area contributed by atoms with Gasteiger partial charge in [-0.25, -0.2) is 4.68 Å². The zero-order chi connectivity index (χ0) is 17.1. The molecule has 0 aliphatic carbocycles. The van der Waals surface area contributed by atoms with Crippen LogP contribution in [0.1, 0.15) is 17.0 Å². The molecule has 0 atom stereocenters. The Balaban J connectivity index is 1.69. The van der Waals surface area contributed by atoms with E-state index in [0.717, 1.165) is 11.3 Å². The zero-order valence-corrected chi connectivity index (χ0v) is 14.9. The van der Waals surface area contributed by atoms with Gasteiger partial charge in [-0.15, -0.1) is 15.3 Å². The SMILES string of the molecule is Cc1c(CC(=O)Nc2nncs2)nnn1Cc1ccc(Cl)c(Cl)c1. The molecule has 0 saturated heterocycles. The zero-order valence-electron chi connectivity index (χ0n) is 12.5. The molecule has 24 heavy (non-hydrogen) atoms. The lowest BCUT2D eigenvalue weighted by atomic mass is 10.2. The van der Waals surface area contributed by atoms with Gasteiger partial charge >= 0.3 is 0 Å². The molecule has 1 amide bonds. The van der Waals surface area contributed by atoms with Crippen LogP contribution in [-0.4, -0.2) is 31.1 Å². The van der Waals surface area contributed by atoms with Crippen molar-refractivity contribution in [1.29, 1.82) is 0 Å². The fourth-order valence-electron chi connectivity index (χ4n) is 2.06. The summed E-state index contributed by atoms with van der Waals surface area (Å²) >= 11 is 13.2. The minimum atomic E-state index is -0.212. The van der Waals surface area contributed by atoms with Crippen molar-refractivity contribution < 1.29 is 4.79 Å². The smallest absolute Gasteiger partial charge is 0.232 e. The van der Waals surface area contributed by atoms with Crippen LogP contribution in [0.15, 0.2) is 23.7 Å². The Labute approximate surface area is 151 Å². The molecule has 0 fully saturated rings. The summed E-state index contributed by atoms with van der Waals surface area (Å²) in [6, 6.07) is 5.39. The lowest BCUT2D eigenvalue weighted by molar-refractivity contribution is -0.115. The highest BCUT2D eigenvalue weighted by Gasteiger charge is 2.14. The molecule has 1 N–H and O–H groups in total. The summed E-state index contributed by atoms with van der Waals surface area (Å²) in [5.41, 5.74) is 3.92. The number of halogens is 2. The van der Waals surface area contributed by atoms with Crippen molar-refractivity contribution in [2.24, 2.45) is 0 Å². The first kappa shape index (κ1) is 16.8. The minimum Gasteiger partial charge on any atom is -0.300 e. The molecule has 0 unspecified atom stereocenters. The molecule has 2 heterocycles. The Morgan fingerprint density at radius 3 is 2.83 bits per heavy atom. The molecule has 0 aliphatic rings. The van der Waals surface area contributed by atoms with Crippen molar-refractivity contribution in [3.05, 3.63) is 50.7 Å². The minimum absolute atomic E-state index is 0.118. The first-order valence-electron chi connectivity index (χ1n) is 6.92. The van der Waals surface area contributed by atoms with Crippen LogP contribution in [0.25, 0.3) is 0 Å². The monoisotopic (exact) mass is 382 g/mol. The van der Waals surface area contributed by atoms with E-state index >= 15 is 0 Å². The van der Waals surface area contributed by atoms with Crippen LogP contribution in [0.3, 0.4) is 0 Å². The Bertz CT molecular complexity index is 864. The van der Waals surface area contributed by atoms with E-state index in [2.05, 4.69) is 25.8 Å². The van der Waals surface area contributed by atoms with E-state index in [9.17, 15) is 4.79 Å². The highest BCUT2D eigenvalue weighted by Crippen LogP contribution is 2.23. The Kier molecular flexibility index (Phi) is 5.08. The molecule has 1 aromatic carbocycles. The highest BCUT2D eigenvalue weighted by atomic mass is 35.5. The third kappa shape index (κ3) is 3.89. The van der Waals surface area contributed by atoms with E-state index in [4.69, 9.17) is 23.2 Å². The molecule has 124 valence electrons. The van der Waals surface area contributed by atoms with Crippen molar-refractivity contribution in [1.82, 2.24) is 25.2 Å². The maximum atomic E-state index is 12.0. The second-order valence-electron chi connectivity index (χ2n) is 5.00. The topological polar surface area (TPSA) is 85.6 Å². The molecule has 3 aromatic rings. The van der Waals surface area contributed by atoms with Gasteiger partial charge in [0.25, 0.3) is 0 Å². The van der Waals surface area contributed by atoms with Gasteiger partial charge in [-0.1, -0.05) is 45.8 Å². The second kappa shape index (κ2) is 7.25. The first-order chi connectivity index (χ1) is 11.5. The normalized spacial score (nSPS) is 10.8.